The number of pyridine rings is 1. The average molecular weight is 390 g/mol. The molecule has 3 aromatic heterocycles. The first kappa shape index (κ1) is 19.4. The Morgan fingerprint density at radius 2 is 1.71 bits per heavy atom. The number of aromatic nitrogens is 5. The molecular formula is C22H20ClN5. The van der Waals surface area contributed by atoms with Gasteiger partial charge in [-0.2, -0.15) is 10.2 Å². The first-order valence-electron chi connectivity index (χ1n) is 8.68. The van der Waals surface area contributed by atoms with Crippen LogP contribution in [0, 0.1) is 18.8 Å². The van der Waals surface area contributed by atoms with Crippen LogP contribution in [0.4, 0.5) is 0 Å². The molecule has 0 atom stereocenters. The Bertz CT molecular complexity index is 1160. The maximum Gasteiger partial charge on any atom is 0.113 e. The van der Waals surface area contributed by atoms with E-state index in [1.54, 1.807) is 6.20 Å². The number of aryl methyl sites for hydroxylation is 3. The fourth-order valence-electron chi connectivity index (χ4n) is 2.99. The molecule has 0 aliphatic rings. The molecule has 0 spiro atoms. The number of halogens is 1. The minimum atomic E-state index is 0. The molecule has 0 fully saturated rings. The first-order valence-corrected chi connectivity index (χ1v) is 8.68. The fourth-order valence-corrected chi connectivity index (χ4v) is 2.99. The van der Waals surface area contributed by atoms with Crippen molar-refractivity contribution in [3.05, 3.63) is 77.9 Å². The van der Waals surface area contributed by atoms with Gasteiger partial charge in [-0.05, 0) is 43.2 Å². The molecule has 140 valence electrons. The summed E-state index contributed by atoms with van der Waals surface area (Å²) in [6, 6.07) is 16.0. The molecule has 0 saturated heterocycles. The topological polar surface area (TPSA) is 48.5 Å². The monoisotopic (exact) mass is 389 g/mol. The van der Waals surface area contributed by atoms with Crippen LogP contribution in [0.25, 0.3) is 22.5 Å². The van der Waals surface area contributed by atoms with Crippen LogP contribution < -0.4 is 0 Å². The average Bonchev–Trinajstić information content (AvgIpc) is 3.25. The largest absolute Gasteiger partial charge is 0.274 e. The van der Waals surface area contributed by atoms with Gasteiger partial charge in [0, 0.05) is 48.9 Å². The molecule has 0 radical (unpaired) electrons. The lowest BCUT2D eigenvalue weighted by Crippen LogP contribution is -1.93. The molecule has 3 heterocycles. The summed E-state index contributed by atoms with van der Waals surface area (Å²) >= 11 is 0. The lowest BCUT2D eigenvalue weighted by atomic mass is 10.0. The van der Waals surface area contributed by atoms with Gasteiger partial charge in [0.1, 0.15) is 11.4 Å². The summed E-state index contributed by atoms with van der Waals surface area (Å²) in [6.07, 6.45) is 3.81. The van der Waals surface area contributed by atoms with Crippen LogP contribution in [0.3, 0.4) is 0 Å². The van der Waals surface area contributed by atoms with E-state index in [2.05, 4.69) is 39.2 Å². The maximum atomic E-state index is 4.64. The van der Waals surface area contributed by atoms with Crippen LogP contribution in [0.1, 0.15) is 17.0 Å². The van der Waals surface area contributed by atoms with Gasteiger partial charge >= 0.3 is 0 Å². The molecule has 6 heteroatoms. The van der Waals surface area contributed by atoms with Crippen LogP contribution in [0.5, 0.6) is 0 Å². The highest BCUT2D eigenvalue weighted by Gasteiger charge is 2.14. The number of hydrogen-bond donors (Lipinski definition) is 0. The lowest BCUT2D eigenvalue weighted by molar-refractivity contribution is 0.767. The zero-order valence-electron chi connectivity index (χ0n) is 15.9. The number of nitrogens with zero attached hydrogens (tertiary/aromatic N) is 5. The maximum absolute atomic E-state index is 4.64. The minimum absolute atomic E-state index is 0. The molecule has 0 saturated carbocycles. The van der Waals surface area contributed by atoms with Crippen LogP contribution >= 0.6 is 12.4 Å². The lowest BCUT2D eigenvalue weighted by Gasteiger charge is -2.03. The summed E-state index contributed by atoms with van der Waals surface area (Å²) in [4.78, 5) is 4.41. The third-order valence-corrected chi connectivity index (χ3v) is 4.31. The van der Waals surface area contributed by atoms with Crippen molar-refractivity contribution in [3.63, 3.8) is 0 Å². The summed E-state index contributed by atoms with van der Waals surface area (Å²) in [5, 5.41) is 8.91. The van der Waals surface area contributed by atoms with E-state index in [4.69, 9.17) is 0 Å². The molecule has 0 amide bonds. The molecule has 4 rings (SSSR count). The van der Waals surface area contributed by atoms with Crippen LogP contribution in [0.15, 0.2) is 60.9 Å². The highest BCUT2D eigenvalue weighted by atomic mass is 35.5. The highest BCUT2D eigenvalue weighted by Crippen LogP contribution is 2.30. The Labute approximate surface area is 170 Å². The van der Waals surface area contributed by atoms with Gasteiger partial charge in [-0.3, -0.25) is 9.36 Å². The second-order valence-electron chi connectivity index (χ2n) is 6.40. The summed E-state index contributed by atoms with van der Waals surface area (Å²) in [5.74, 6) is 6.28. The van der Waals surface area contributed by atoms with E-state index in [0.717, 1.165) is 39.5 Å². The van der Waals surface area contributed by atoms with Crippen molar-refractivity contribution < 1.29 is 0 Å². The minimum Gasteiger partial charge on any atom is -0.274 e. The van der Waals surface area contributed by atoms with Gasteiger partial charge in [0.25, 0.3) is 0 Å². The van der Waals surface area contributed by atoms with E-state index in [9.17, 15) is 0 Å². The Morgan fingerprint density at radius 1 is 0.929 bits per heavy atom. The smallest absolute Gasteiger partial charge is 0.113 e. The van der Waals surface area contributed by atoms with Crippen LogP contribution in [0.2, 0.25) is 0 Å². The van der Waals surface area contributed by atoms with Gasteiger partial charge in [0.15, 0.2) is 0 Å². The zero-order chi connectivity index (χ0) is 18.8. The van der Waals surface area contributed by atoms with Crippen molar-refractivity contribution in [2.45, 2.75) is 6.92 Å². The molecule has 5 nitrogen and oxygen atoms in total. The number of hydrogen-bond acceptors (Lipinski definition) is 3. The Kier molecular flexibility index (Phi) is 5.62. The van der Waals surface area contributed by atoms with Crippen molar-refractivity contribution in [2.24, 2.45) is 14.1 Å². The number of rotatable bonds is 2. The predicted molar refractivity (Wildman–Crippen MR) is 113 cm³/mol. The van der Waals surface area contributed by atoms with E-state index in [-0.39, 0.29) is 12.4 Å². The second kappa shape index (κ2) is 8.12. The summed E-state index contributed by atoms with van der Waals surface area (Å²) in [6.45, 7) is 1.96. The highest BCUT2D eigenvalue weighted by molar-refractivity contribution is 5.85. The SMILES string of the molecule is Cc1cccc(C#Cc2ccc(-c3nn(C)cc3-c3ccnn3C)cc2)n1.Cl. The fraction of sp³-hybridized carbons (Fsp3) is 0.136. The van der Waals surface area contributed by atoms with Crippen LogP contribution in [-0.2, 0) is 14.1 Å². The summed E-state index contributed by atoms with van der Waals surface area (Å²) < 4.78 is 3.68. The van der Waals surface area contributed by atoms with Crippen molar-refractivity contribution in [1.82, 2.24) is 24.5 Å². The normalized spacial score (nSPS) is 10.1. The molecule has 0 aliphatic carbocycles. The van der Waals surface area contributed by atoms with Gasteiger partial charge in [-0.1, -0.05) is 24.1 Å². The first-order chi connectivity index (χ1) is 13.1. The van der Waals surface area contributed by atoms with E-state index in [0.29, 0.717) is 0 Å². The Balaban J connectivity index is 0.00000225. The second-order valence-corrected chi connectivity index (χ2v) is 6.40. The van der Waals surface area contributed by atoms with Gasteiger partial charge in [0.05, 0.1) is 5.69 Å². The van der Waals surface area contributed by atoms with E-state index in [1.807, 2.05) is 73.0 Å². The summed E-state index contributed by atoms with van der Waals surface area (Å²) in [7, 11) is 3.86. The molecule has 0 unspecified atom stereocenters. The predicted octanol–water partition coefficient (Wildman–Crippen LogP) is 4.01. The molecule has 4 aromatic rings. The molecule has 0 N–H and O–H groups in total. The third-order valence-electron chi connectivity index (χ3n) is 4.31. The Hall–Kier alpha value is -3.36. The number of benzene rings is 1. The van der Waals surface area contributed by atoms with E-state index >= 15 is 0 Å². The van der Waals surface area contributed by atoms with Crippen LogP contribution in [-0.4, -0.2) is 24.5 Å². The van der Waals surface area contributed by atoms with Crippen molar-refractivity contribution in [1.29, 1.82) is 0 Å². The van der Waals surface area contributed by atoms with Gasteiger partial charge in [0.2, 0.25) is 0 Å². The third kappa shape index (κ3) is 3.98. The van der Waals surface area contributed by atoms with Crippen molar-refractivity contribution >= 4 is 12.4 Å². The van der Waals surface area contributed by atoms with E-state index < -0.39 is 0 Å². The zero-order valence-corrected chi connectivity index (χ0v) is 16.7. The Morgan fingerprint density at radius 3 is 2.39 bits per heavy atom. The molecule has 28 heavy (non-hydrogen) atoms. The summed E-state index contributed by atoms with van der Waals surface area (Å²) in [5.41, 5.74) is 6.76. The quantitative estimate of drug-likeness (QED) is 0.486. The van der Waals surface area contributed by atoms with Crippen molar-refractivity contribution in [3.8, 4) is 34.4 Å². The van der Waals surface area contributed by atoms with Gasteiger partial charge < -0.3 is 0 Å². The van der Waals surface area contributed by atoms with Crippen molar-refractivity contribution in [2.75, 3.05) is 0 Å². The van der Waals surface area contributed by atoms with E-state index in [1.165, 1.54) is 0 Å². The molecular weight excluding hydrogens is 370 g/mol. The standard InChI is InChI=1S/C22H19N5.ClH/c1-16-5-4-6-19(24-16)12-9-17-7-10-18(11-8-17)22-20(15-26(2)25-22)21-13-14-23-27(21)3;/h4-8,10-11,13-15H,1-3H3;1H. The van der Waals surface area contributed by atoms with Gasteiger partial charge in [-0.25, -0.2) is 4.98 Å². The molecule has 0 aliphatic heterocycles. The molecule has 1 aromatic carbocycles. The molecule has 0 bridgehead atoms. The van der Waals surface area contributed by atoms with Gasteiger partial charge in [-0.15, -0.1) is 12.4 Å².